The molecule has 1 aliphatic rings. The Morgan fingerprint density at radius 1 is 1.32 bits per heavy atom. The Morgan fingerprint density at radius 2 is 2.04 bits per heavy atom. The molecule has 25 heavy (non-hydrogen) atoms. The second-order valence-electron chi connectivity index (χ2n) is 5.97. The van der Waals surface area contributed by atoms with Crippen LogP contribution in [0.5, 0.6) is 0 Å². The zero-order valence-corrected chi connectivity index (χ0v) is 14.9. The summed E-state index contributed by atoms with van der Waals surface area (Å²) in [6.45, 7) is 7.08. The van der Waals surface area contributed by atoms with Gasteiger partial charge in [0.25, 0.3) is 0 Å². The SMILES string of the molecule is C[C@@H](C#N)Sc1nnc(-c2ccc(F)cc2)n1CC[NH+]1CCOCC1. The molecule has 2 aromatic rings. The van der Waals surface area contributed by atoms with E-state index in [0.29, 0.717) is 5.82 Å². The average Bonchev–Trinajstić information content (AvgIpc) is 3.03. The Kier molecular flexibility index (Phi) is 6.02. The van der Waals surface area contributed by atoms with Crippen molar-refractivity contribution in [2.45, 2.75) is 23.9 Å². The third-order valence-electron chi connectivity index (χ3n) is 4.17. The third-order valence-corrected chi connectivity index (χ3v) is 5.14. The normalized spacial score (nSPS) is 16.5. The van der Waals surface area contributed by atoms with E-state index in [1.165, 1.54) is 28.8 Å². The number of quaternary nitrogens is 1. The number of hydrogen-bond acceptors (Lipinski definition) is 5. The first-order chi connectivity index (χ1) is 12.2. The maximum Gasteiger partial charge on any atom is 0.192 e. The second-order valence-corrected chi connectivity index (χ2v) is 7.27. The van der Waals surface area contributed by atoms with Gasteiger partial charge in [-0.3, -0.25) is 4.57 Å². The summed E-state index contributed by atoms with van der Waals surface area (Å²) in [4.78, 5) is 1.48. The Hall–Kier alpha value is -1.95. The predicted molar refractivity (Wildman–Crippen MR) is 92.7 cm³/mol. The van der Waals surface area contributed by atoms with Gasteiger partial charge < -0.3 is 9.64 Å². The monoisotopic (exact) mass is 362 g/mol. The lowest BCUT2D eigenvalue weighted by molar-refractivity contribution is -0.908. The van der Waals surface area contributed by atoms with E-state index in [0.717, 1.165) is 50.1 Å². The molecule has 1 aliphatic heterocycles. The molecule has 0 amide bonds. The van der Waals surface area contributed by atoms with Crippen molar-refractivity contribution in [1.29, 1.82) is 5.26 Å². The topological polar surface area (TPSA) is 68.2 Å². The first-order valence-corrected chi connectivity index (χ1v) is 9.22. The number of thioether (sulfide) groups is 1. The van der Waals surface area contributed by atoms with Crippen LogP contribution in [0.3, 0.4) is 0 Å². The highest BCUT2D eigenvalue weighted by Gasteiger charge is 2.20. The largest absolute Gasteiger partial charge is 0.370 e. The first-order valence-electron chi connectivity index (χ1n) is 8.34. The van der Waals surface area contributed by atoms with Crippen molar-refractivity contribution < 1.29 is 14.0 Å². The van der Waals surface area contributed by atoms with Crippen LogP contribution >= 0.6 is 11.8 Å². The maximum absolute atomic E-state index is 13.2. The zero-order valence-electron chi connectivity index (χ0n) is 14.1. The van der Waals surface area contributed by atoms with Crippen molar-refractivity contribution in [3.8, 4) is 17.5 Å². The molecule has 1 aromatic heterocycles. The smallest absolute Gasteiger partial charge is 0.192 e. The fraction of sp³-hybridized carbons (Fsp3) is 0.471. The fourth-order valence-electron chi connectivity index (χ4n) is 2.75. The summed E-state index contributed by atoms with van der Waals surface area (Å²) >= 11 is 1.40. The van der Waals surface area contributed by atoms with Crippen LogP contribution < -0.4 is 4.90 Å². The van der Waals surface area contributed by atoms with Crippen molar-refractivity contribution in [3.05, 3.63) is 30.1 Å². The van der Waals surface area contributed by atoms with Gasteiger partial charge in [0.1, 0.15) is 18.9 Å². The molecule has 1 fully saturated rings. The van der Waals surface area contributed by atoms with Gasteiger partial charge in [-0.15, -0.1) is 10.2 Å². The standard InChI is InChI=1S/C17H20FN5OS/c1-13(12-19)25-17-21-20-16(14-2-4-15(18)5-3-14)23(17)7-6-22-8-10-24-11-9-22/h2-5,13H,6-11H2,1H3/p+1/t13-/m0/s1. The molecule has 0 bridgehead atoms. The van der Waals surface area contributed by atoms with Crippen LogP contribution in [0.15, 0.2) is 29.4 Å². The van der Waals surface area contributed by atoms with E-state index >= 15 is 0 Å². The Bertz CT molecular complexity index is 736. The minimum Gasteiger partial charge on any atom is -0.370 e. The summed E-state index contributed by atoms with van der Waals surface area (Å²) in [7, 11) is 0. The van der Waals surface area contributed by atoms with Crippen LogP contribution in [0.4, 0.5) is 4.39 Å². The van der Waals surface area contributed by atoms with Crippen molar-refractivity contribution in [2.75, 3.05) is 32.8 Å². The quantitative estimate of drug-likeness (QED) is 0.777. The van der Waals surface area contributed by atoms with E-state index in [1.807, 2.05) is 11.5 Å². The summed E-state index contributed by atoms with van der Waals surface area (Å²) in [5.74, 6) is 0.431. The van der Waals surface area contributed by atoms with Crippen molar-refractivity contribution in [3.63, 3.8) is 0 Å². The number of halogens is 1. The summed E-state index contributed by atoms with van der Waals surface area (Å²) in [5, 5.41) is 18.2. The van der Waals surface area contributed by atoms with Gasteiger partial charge in [0.05, 0.1) is 37.6 Å². The van der Waals surface area contributed by atoms with E-state index in [4.69, 9.17) is 10.00 Å². The molecule has 3 rings (SSSR count). The van der Waals surface area contributed by atoms with Gasteiger partial charge in [0.2, 0.25) is 0 Å². The van der Waals surface area contributed by atoms with Crippen LogP contribution in [-0.4, -0.2) is 52.9 Å². The molecular formula is C17H21FN5OS+. The van der Waals surface area contributed by atoms with Gasteiger partial charge in [0, 0.05) is 5.56 Å². The third kappa shape index (κ3) is 4.57. The summed E-state index contributed by atoms with van der Waals surface area (Å²) in [6.07, 6.45) is 0. The number of nitrogens with one attached hydrogen (secondary N) is 1. The number of nitriles is 1. The highest BCUT2D eigenvalue weighted by molar-refractivity contribution is 8.00. The van der Waals surface area contributed by atoms with Crippen LogP contribution in [0.2, 0.25) is 0 Å². The minimum absolute atomic E-state index is 0.209. The second kappa shape index (κ2) is 8.43. The molecule has 0 aliphatic carbocycles. The highest BCUT2D eigenvalue weighted by atomic mass is 32.2. The first kappa shape index (κ1) is 17.9. The van der Waals surface area contributed by atoms with Gasteiger partial charge in [0.15, 0.2) is 11.0 Å². The molecule has 1 N–H and O–H groups in total. The van der Waals surface area contributed by atoms with Gasteiger partial charge >= 0.3 is 0 Å². The number of aromatic nitrogens is 3. The Morgan fingerprint density at radius 3 is 2.72 bits per heavy atom. The number of morpholine rings is 1. The molecule has 0 radical (unpaired) electrons. The van der Waals surface area contributed by atoms with Gasteiger partial charge in [-0.05, 0) is 31.2 Å². The van der Waals surface area contributed by atoms with Gasteiger partial charge in [-0.2, -0.15) is 5.26 Å². The van der Waals surface area contributed by atoms with Crippen molar-refractivity contribution in [2.24, 2.45) is 0 Å². The molecule has 1 saturated heterocycles. The summed E-state index contributed by atoms with van der Waals surface area (Å²) < 4.78 is 20.7. The zero-order chi connectivity index (χ0) is 17.6. The van der Waals surface area contributed by atoms with E-state index in [-0.39, 0.29) is 11.1 Å². The summed E-state index contributed by atoms with van der Waals surface area (Å²) in [5.41, 5.74) is 0.822. The molecular weight excluding hydrogens is 341 g/mol. The lowest BCUT2D eigenvalue weighted by atomic mass is 10.2. The predicted octanol–water partition coefficient (Wildman–Crippen LogP) is 1.00. The lowest BCUT2D eigenvalue weighted by Crippen LogP contribution is -3.14. The molecule has 1 atom stereocenters. The average molecular weight is 362 g/mol. The van der Waals surface area contributed by atoms with E-state index in [9.17, 15) is 4.39 Å². The van der Waals surface area contributed by atoms with Gasteiger partial charge in [-0.1, -0.05) is 11.8 Å². The fourth-order valence-corrected chi connectivity index (χ4v) is 3.52. The van der Waals surface area contributed by atoms with E-state index in [1.54, 1.807) is 12.1 Å². The van der Waals surface area contributed by atoms with Crippen molar-refractivity contribution >= 4 is 11.8 Å². The molecule has 6 nitrogen and oxygen atoms in total. The summed E-state index contributed by atoms with van der Waals surface area (Å²) in [6, 6.07) is 8.47. The van der Waals surface area contributed by atoms with E-state index < -0.39 is 0 Å². The number of benzene rings is 1. The maximum atomic E-state index is 13.2. The molecule has 2 heterocycles. The number of hydrogen-bond donors (Lipinski definition) is 1. The number of ether oxygens (including phenoxy) is 1. The Labute approximate surface area is 150 Å². The van der Waals surface area contributed by atoms with E-state index in [2.05, 4.69) is 16.3 Å². The van der Waals surface area contributed by atoms with Crippen LogP contribution in [-0.2, 0) is 11.3 Å². The van der Waals surface area contributed by atoms with Gasteiger partial charge in [-0.25, -0.2) is 4.39 Å². The Balaban J connectivity index is 1.83. The molecule has 1 aromatic carbocycles. The molecule has 0 unspecified atom stereocenters. The minimum atomic E-state index is -0.278. The molecule has 132 valence electrons. The van der Waals surface area contributed by atoms with Crippen LogP contribution in [0.25, 0.3) is 11.4 Å². The highest BCUT2D eigenvalue weighted by Crippen LogP contribution is 2.26. The molecule has 0 saturated carbocycles. The van der Waals surface area contributed by atoms with Crippen LogP contribution in [0.1, 0.15) is 6.92 Å². The van der Waals surface area contributed by atoms with Crippen LogP contribution in [0, 0.1) is 17.1 Å². The molecule has 0 spiro atoms. The van der Waals surface area contributed by atoms with Crippen molar-refractivity contribution in [1.82, 2.24) is 14.8 Å². The molecule has 8 heteroatoms. The number of rotatable bonds is 6. The number of nitrogens with zero attached hydrogens (tertiary/aromatic N) is 4. The lowest BCUT2D eigenvalue weighted by Gasteiger charge is -2.24.